The van der Waals surface area contributed by atoms with E-state index < -0.39 is 6.09 Å². The molecule has 0 aromatic carbocycles. The van der Waals surface area contributed by atoms with E-state index in [4.69, 9.17) is 10.9 Å². The summed E-state index contributed by atoms with van der Waals surface area (Å²) >= 11 is 0. The van der Waals surface area contributed by atoms with Crippen LogP contribution < -0.4 is 5.84 Å². The van der Waals surface area contributed by atoms with Crippen molar-refractivity contribution in [2.45, 2.75) is 51.0 Å². The fourth-order valence-corrected chi connectivity index (χ4v) is 2.32. The molecule has 16 heavy (non-hydrogen) atoms. The van der Waals surface area contributed by atoms with Gasteiger partial charge < -0.3 is 10.2 Å². The molecule has 5 nitrogen and oxygen atoms in total. The van der Waals surface area contributed by atoms with E-state index in [0.717, 1.165) is 17.9 Å². The lowest BCUT2D eigenvalue weighted by Crippen LogP contribution is -2.37. The standard InChI is InChI=1S/C11H22N2O3/c12-13(11(15)16)8-4-7-10(14)9-5-2-1-3-6-9/h9-10,14H,1-8,12H2,(H,15,16)/t10-/m0/s1. The van der Waals surface area contributed by atoms with Gasteiger partial charge in [0.15, 0.2) is 0 Å². The van der Waals surface area contributed by atoms with E-state index in [1.807, 2.05) is 0 Å². The van der Waals surface area contributed by atoms with Crippen LogP contribution in [0.2, 0.25) is 0 Å². The third-order valence-corrected chi connectivity index (χ3v) is 3.34. The van der Waals surface area contributed by atoms with Crippen LogP contribution in [0.4, 0.5) is 4.79 Å². The van der Waals surface area contributed by atoms with Crippen molar-refractivity contribution < 1.29 is 15.0 Å². The Morgan fingerprint density at radius 2 is 2.00 bits per heavy atom. The van der Waals surface area contributed by atoms with Crippen molar-refractivity contribution in [2.75, 3.05) is 6.54 Å². The second-order valence-corrected chi connectivity index (χ2v) is 4.58. The lowest BCUT2D eigenvalue weighted by molar-refractivity contribution is 0.0716. The van der Waals surface area contributed by atoms with Gasteiger partial charge in [-0.3, -0.25) is 0 Å². The summed E-state index contributed by atoms with van der Waals surface area (Å²) in [6.45, 7) is 0.291. The number of amides is 1. The maximum atomic E-state index is 10.4. The zero-order chi connectivity index (χ0) is 12.0. The quantitative estimate of drug-likeness (QED) is 0.380. The zero-order valence-corrected chi connectivity index (χ0v) is 9.64. The molecule has 0 aromatic heterocycles. The summed E-state index contributed by atoms with van der Waals surface area (Å²) in [5.41, 5.74) is 0. The molecule has 0 spiro atoms. The minimum Gasteiger partial charge on any atom is -0.464 e. The molecular weight excluding hydrogens is 208 g/mol. The van der Waals surface area contributed by atoms with Gasteiger partial charge in [0.05, 0.1) is 6.10 Å². The Morgan fingerprint density at radius 1 is 1.38 bits per heavy atom. The first-order chi connectivity index (χ1) is 7.61. The molecule has 1 rings (SSSR count). The minimum atomic E-state index is -1.12. The Labute approximate surface area is 96.2 Å². The molecule has 1 saturated carbocycles. The fraction of sp³-hybridized carbons (Fsp3) is 0.909. The van der Waals surface area contributed by atoms with E-state index in [9.17, 15) is 9.90 Å². The molecule has 94 valence electrons. The largest absolute Gasteiger partial charge is 0.464 e. The average Bonchev–Trinajstić information content (AvgIpc) is 2.29. The third kappa shape index (κ3) is 4.37. The van der Waals surface area contributed by atoms with Gasteiger partial charge in [-0.25, -0.2) is 15.6 Å². The third-order valence-electron chi connectivity index (χ3n) is 3.34. The molecule has 0 heterocycles. The monoisotopic (exact) mass is 230 g/mol. The molecule has 5 heteroatoms. The van der Waals surface area contributed by atoms with Crippen LogP contribution in [0.5, 0.6) is 0 Å². The van der Waals surface area contributed by atoms with Crippen LogP contribution in [0.3, 0.4) is 0 Å². The van der Waals surface area contributed by atoms with Crippen molar-refractivity contribution in [1.29, 1.82) is 0 Å². The topological polar surface area (TPSA) is 86.8 Å². The first-order valence-electron chi connectivity index (χ1n) is 6.04. The van der Waals surface area contributed by atoms with Crippen LogP contribution >= 0.6 is 0 Å². The zero-order valence-electron chi connectivity index (χ0n) is 9.64. The lowest BCUT2D eigenvalue weighted by atomic mass is 9.84. The summed E-state index contributed by atoms with van der Waals surface area (Å²) in [4.78, 5) is 10.4. The molecule has 0 radical (unpaired) electrons. The number of carbonyl (C=O) groups is 1. The van der Waals surface area contributed by atoms with Crippen molar-refractivity contribution in [3.8, 4) is 0 Å². The molecule has 0 bridgehead atoms. The van der Waals surface area contributed by atoms with Gasteiger partial charge >= 0.3 is 6.09 Å². The van der Waals surface area contributed by atoms with E-state index in [0.29, 0.717) is 25.3 Å². The Hall–Kier alpha value is -0.810. The summed E-state index contributed by atoms with van der Waals surface area (Å²) in [6, 6.07) is 0. The average molecular weight is 230 g/mol. The smallest absolute Gasteiger partial charge is 0.421 e. The van der Waals surface area contributed by atoms with Gasteiger partial charge in [0.2, 0.25) is 0 Å². The van der Waals surface area contributed by atoms with Gasteiger partial charge in [-0.15, -0.1) is 0 Å². The first kappa shape index (κ1) is 13.3. The van der Waals surface area contributed by atoms with Crippen molar-refractivity contribution in [2.24, 2.45) is 11.8 Å². The molecule has 0 unspecified atom stereocenters. The Balaban J connectivity index is 2.14. The van der Waals surface area contributed by atoms with Crippen molar-refractivity contribution in [1.82, 2.24) is 5.01 Å². The summed E-state index contributed by atoms with van der Waals surface area (Å²) in [7, 11) is 0. The van der Waals surface area contributed by atoms with Gasteiger partial charge in [-0.1, -0.05) is 19.3 Å². The highest BCUT2D eigenvalue weighted by molar-refractivity contribution is 5.63. The van der Waals surface area contributed by atoms with Crippen LogP contribution in [0, 0.1) is 5.92 Å². The molecule has 1 atom stereocenters. The highest BCUT2D eigenvalue weighted by Crippen LogP contribution is 2.28. The number of nitrogens with zero attached hydrogens (tertiary/aromatic N) is 1. The van der Waals surface area contributed by atoms with Crippen molar-refractivity contribution in [3.63, 3.8) is 0 Å². The van der Waals surface area contributed by atoms with Crippen LogP contribution in [0.15, 0.2) is 0 Å². The molecule has 0 saturated heterocycles. The second-order valence-electron chi connectivity index (χ2n) is 4.58. The van der Waals surface area contributed by atoms with E-state index >= 15 is 0 Å². The number of aliphatic hydroxyl groups excluding tert-OH is 1. The van der Waals surface area contributed by atoms with Gasteiger partial charge in [0, 0.05) is 6.54 Å². The van der Waals surface area contributed by atoms with Crippen LogP contribution in [-0.4, -0.2) is 34.0 Å². The highest BCUT2D eigenvalue weighted by Gasteiger charge is 2.21. The highest BCUT2D eigenvalue weighted by atomic mass is 16.4. The SMILES string of the molecule is NN(CCC[C@H](O)C1CCCCC1)C(=O)O. The van der Waals surface area contributed by atoms with Crippen molar-refractivity contribution >= 4 is 6.09 Å². The summed E-state index contributed by atoms with van der Waals surface area (Å²) < 4.78 is 0. The van der Waals surface area contributed by atoms with Crippen LogP contribution in [0.1, 0.15) is 44.9 Å². The summed E-state index contributed by atoms with van der Waals surface area (Å²) in [5, 5.41) is 19.2. The molecule has 0 aromatic rings. The second kappa shape index (κ2) is 6.70. The van der Waals surface area contributed by atoms with Crippen LogP contribution in [-0.2, 0) is 0 Å². The molecule has 1 aliphatic rings. The van der Waals surface area contributed by atoms with Gasteiger partial charge in [-0.05, 0) is 31.6 Å². The van der Waals surface area contributed by atoms with Crippen molar-refractivity contribution in [3.05, 3.63) is 0 Å². The molecule has 1 aliphatic carbocycles. The summed E-state index contributed by atoms with van der Waals surface area (Å²) in [5.74, 6) is 5.64. The number of nitrogens with two attached hydrogens (primary N) is 1. The minimum absolute atomic E-state index is 0.289. The molecular formula is C11H22N2O3. The van der Waals surface area contributed by atoms with E-state index in [2.05, 4.69) is 0 Å². The Morgan fingerprint density at radius 3 is 2.56 bits per heavy atom. The molecule has 0 aliphatic heterocycles. The first-order valence-corrected chi connectivity index (χ1v) is 6.04. The van der Waals surface area contributed by atoms with E-state index in [1.165, 1.54) is 19.3 Å². The van der Waals surface area contributed by atoms with Gasteiger partial charge in [0.1, 0.15) is 0 Å². The fourth-order valence-electron chi connectivity index (χ4n) is 2.32. The predicted molar refractivity (Wildman–Crippen MR) is 60.7 cm³/mol. The lowest BCUT2D eigenvalue weighted by Gasteiger charge is -2.26. The van der Waals surface area contributed by atoms with Crippen LogP contribution in [0.25, 0.3) is 0 Å². The molecule has 4 N–H and O–H groups in total. The van der Waals surface area contributed by atoms with Gasteiger partial charge in [0.25, 0.3) is 0 Å². The van der Waals surface area contributed by atoms with E-state index in [1.54, 1.807) is 0 Å². The number of carboxylic acid groups (broad SMARTS) is 1. The summed E-state index contributed by atoms with van der Waals surface area (Å²) in [6.07, 6.45) is 5.76. The number of aliphatic hydroxyl groups is 1. The number of hydrazine groups is 1. The normalized spacial score (nSPS) is 19.4. The molecule has 1 fully saturated rings. The number of hydrogen-bond acceptors (Lipinski definition) is 3. The Bertz CT molecular complexity index is 217. The van der Waals surface area contributed by atoms with E-state index in [-0.39, 0.29) is 6.10 Å². The maximum Gasteiger partial charge on any atom is 0.421 e. The maximum absolute atomic E-state index is 10.4. The Kier molecular flexibility index (Phi) is 5.55. The van der Waals surface area contributed by atoms with Gasteiger partial charge in [-0.2, -0.15) is 0 Å². The molecule has 1 amide bonds. The predicted octanol–water partition coefficient (Wildman–Crippen LogP) is 1.56. The number of hydrogen-bond donors (Lipinski definition) is 3. The number of rotatable bonds is 5.